The molecule has 0 aliphatic rings. The minimum atomic E-state index is -1.55. The standard InChI is InChI=1S/C17H18O3.Na/c1-17(2,3)14-8-4-12(5-9-14)13-6-10-15(11-7-13)20-16(18)19;/h4-11H,1-3H3,(H,18,19);/q;+1/p-1. The number of hydrogen-bond acceptors (Lipinski definition) is 3. The van der Waals surface area contributed by atoms with E-state index in [0.717, 1.165) is 11.1 Å². The Balaban J connectivity index is 0.00000220. The summed E-state index contributed by atoms with van der Waals surface area (Å²) in [6.45, 7) is 6.52. The van der Waals surface area contributed by atoms with Crippen molar-refractivity contribution in [2.24, 2.45) is 0 Å². The van der Waals surface area contributed by atoms with Crippen LogP contribution in [0.4, 0.5) is 4.79 Å². The zero-order valence-corrected chi connectivity index (χ0v) is 14.8. The molecule has 0 spiro atoms. The number of carboxylic acid groups (broad SMARTS) is 1. The number of rotatable bonds is 2. The van der Waals surface area contributed by atoms with Crippen LogP contribution in [-0.2, 0) is 5.41 Å². The third-order valence-corrected chi connectivity index (χ3v) is 3.14. The molecule has 0 saturated carbocycles. The molecular weight excluding hydrogens is 275 g/mol. The molecule has 2 aromatic carbocycles. The van der Waals surface area contributed by atoms with Gasteiger partial charge in [0, 0.05) is 0 Å². The molecule has 0 aliphatic carbocycles. The summed E-state index contributed by atoms with van der Waals surface area (Å²) in [6.07, 6.45) is -1.55. The third kappa shape index (κ3) is 4.88. The molecule has 0 atom stereocenters. The van der Waals surface area contributed by atoms with Crippen molar-refractivity contribution in [1.82, 2.24) is 0 Å². The van der Waals surface area contributed by atoms with Gasteiger partial charge in [-0.2, -0.15) is 0 Å². The van der Waals surface area contributed by atoms with E-state index in [-0.39, 0.29) is 40.7 Å². The molecule has 0 bridgehead atoms. The van der Waals surface area contributed by atoms with Gasteiger partial charge in [-0.15, -0.1) is 0 Å². The summed E-state index contributed by atoms with van der Waals surface area (Å²) in [7, 11) is 0. The third-order valence-electron chi connectivity index (χ3n) is 3.14. The van der Waals surface area contributed by atoms with Gasteiger partial charge in [-0.05, 0) is 34.2 Å². The van der Waals surface area contributed by atoms with Crippen molar-refractivity contribution in [2.45, 2.75) is 26.2 Å². The summed E-state index contributed by atoms with van der Waals surface area (Å²) >= 11 is 0. The van der Waals surface area contributed by atoms with Crippen LogP contribution in [0.15, 0.2) is 48.5 Å². The first-order valence-electron chi connectivity index (χ1n) is 6.46. The Morgan fingerprint density at radius 2 is 1.33 bits per heavy atom. The van der Waals surface area contributed by atoms with E-state index >= 15 is 0 Å². The molecule has 0 radical (unpaired) electrons. The smallest absolute Gasteiger partial charge is 0.514 e. The van der Waals surface area contributed by atoms with E-state index in [2.05, 4.69) is 49.8 Å². The Hall–Kier alpha value is -1.29. The van der Waals surface area contributed by atoms with E-state index in [1.807, 2.05) is 12.1 Å². The van der Waals surface area contributed by atoms with Crippen LogP contribution in [0.25, 0.3) is 11.1 Å². The van der Waals surface area contributed by atoms with Gasteiger partial charge in [-0.3, -0.25) is 0 Å². The van der Waals surface area contributed by atoms with Crippen LogP contribution in [-0.4, -0.2) is 6.16 Å². The zero-order valence-electron chi connectivity index (χ0n) is 12.8. The van der Waals surface area contributed by atoms with Crippen molar-refractivity contribution >= 4 is 6.16 Å². The average molecular weight is 292 g/mol. The van der Waals surface area contributed by atoms with E-state index in [1.54, 1.807) is 12.1 Å². The minimum Gasteiger partial charge on any atom is -0.514 e. The quantitative estimate of drug-likeness (QED) is 0.457. The number of hydrogen-bond donors (Lipinski definition) is 0. The zero-order chi connectivity index (χ0) is 14.8. The fraction of sp³-hybridized carbons (Fsp3) is 0.235. The monoisotopic (exact) mass is 292 g/mol. The van der Waals surface area contributed by atoms with Crippen LogP contribution < -0.4 is 39.4 Å². The van der Waals surface area contributed by atoms with E-state index < -0.39 is 6.16 Å². The molecule has 3 nitrogen and oxygen atoms in total. The van der Waals surface area contributed by atoms with E-state index in [0.29, 0.717) is 0 Å². The van der Waals surface area contributed by atoms with E-state index in [1.165, 1.54) is 5.56 Å². The van der Waals surface area contributed by atoms with Crippen molar-refractivity contribution in [2.75, 3.05) is 0 Å². The minimum absolute atomic E-state index is 0. The van der Waals surface area contributed by atoms with Gasteiger partial charge in [0.2, 0.25) is 0 Å². The van der Waals surface area contributed by atoms with Gasteiger partial charge >= 0.3 is 29.6 Å². The Labute approximate surface area is 147 Å². The second kappa shape index (κ2) is 7.12. The molecule has 2 aromatic rings. The molecule has 0 unspecified atom stereocenters. The fourth-order valence-corrected chi connectivity index (χ4v) is 1.97. The molecule has 104 valence electrons. The molecule has 0 aromatic heterocycles. The van der Waals surface area contributed by atoms with Crippen LogP contribution in [0.5, 0.6) is 5.75 Å². The predicted octanol–water partition coefficient (Wildman–Crippen LogP) is 0.377. The largest absolute Gasteiger partial charge is 1.00 e. The summed E-state index contributed by atoms with van der Waals surface area (Å²) in [5.41, 5.74) is 3.50. The maximum atomic E-state index is 10.3. The average Bonchev–Trinajstić information content (AvgIpc) is 2.38. The molecule has 21 heavy (non-hydrogen) atoms. The van der Waals surface area contributed by atoms with Crippen LogP contribution in [0.1, 0.15) is 26.3 Å². The van der Waals surface area contributed by atoms with Crippen molar-refractivity contribution in [3.8, 4) is 16.9 Å². The maximum absolute atomic E-state index is 10.3. The SMILES string of the molecule is CC(C)(C)c1ccc(-c2ccc(OC(=O)[O-])cc2)cc1.[Na+]. The van der Waals surface area contributed by atoms with Crippen molar-refractivity contribution in [3.05, 3.63) is 54.1 Å². The molecule has 0 N–H and O–H groups in total. The molecular formula is C17H17NaO3. The second-order valence-corrected chi connectivity index (χ2v) is 5.70. The molecule has 0 heterocycles. The predicted molar refractivity (Wildman–Crippen MR) is 76.6 cm³/mol. The van der Waals surface area contributed by atoms with Gasteiger partial charge in [0.1, 0.15) is 0 Å². The normalized spacial score (nSPS) is 10.6. The number of carbonyl (C=O) groups excluding carboxylic acids is 1. The Kier molecular flexibility index (Phi) is 6.02. The molecule has 0 aliphatic heterocycles. The fourth-order valence-electron chi connectivity index (χ4n) is 1.97. The van der Waals surface area contributed by atoms with Crippen LogP contribution in [0.3, 0.4) is 0 Å². The maximum Gasteiger partial charge on any atom is 1.00 e. The summed E-state index contributed by atoms with van der Waals surface area (Å²) in [5.74, 6) is 0.264. The van der Waals surface area contributed by atoms with E-state index in [9.17, 15) is 9.90 Å². The van der Waals surface area contributed by atoms with Gasteiger partial charge in [-0.1, -0.05) is 57.2 Å². The number of benzene rings is 2. The van der Waals surface area contributed by atoms with Crippen molar-refractivity contribution < 1.29 is 44.2 Å². The summed E-state index contributed by atoms with van der Waals surface area (Å²) in [6, 6.07) is 15.2. The van der Waals surface area contributed by atoms with Gasteiger partial charge < -0.3 is 14.6 Å². The van der Waals surface area contributed by atoms with Crippen molar-refractivity contribution in [1.29, 1.82) is 0 Å². The molecule has 2 rings (SSSR count). The molecule has 0 fully saturated rings. The topological polar surface area (TPSA) is 49.4 Å². The van der Waals surface area contributed by atoms with Crippen LogP contribution >= 0.6 is 0 Å². The molecule has 0 saturated heterocycles. The van der Waals surface area contributed by atoms with Gasteiger partial charge in [0.25, 0.3) is 6.16 Å². The van der Waals surface area contributed by atoms with Crippen molar-refractivity contribution in [3.63, 3.8) is 0 Å². The van der Waals surface area contributed by atoms with Crippen LogP contribution in [0.2, 0.25) is 0 Å². The molecule has 4 heteroatoms. The second-order valence-electron chi connectivity index (χ2n) is 5.70. The van der Waals surface area contributed by atoms with E-state index in [4.69, 9.17) is 0 Å². The summed E-state index contributed by atoms with van der Waals surface area (Å²) in [4.78, 5) is 10.3. The molecule has 0 amide bonds. The Morgan fingerprint density at radius 1 is 0.905 bits per heavy atom. The van der Waals surface area contributed by atoms with Gasteiger partial charge in [-0.25, -0.2) is 0 Å². The van der Waals surface area contributed by atoms with Gasteiger partial charge in [0.15, 0.2) is 0 Å². The number of carbonyl (C=O) groups is 1. The first kappa shape index (κ1) is 17.8. The number of ether oxygens (including phenoxy) is 1. The van der Waals surface area contributed by atoms with Crippen LogP contribution in [0, 0.1) is 0 Å². The summed E-state index contributed by atoms with van der Waals surface area (Å²) < 4.78 is 4.47. The summed E-state index contributed by atoms with van der Waals surface area (Å²) in [5, 5.41) is 10.3. The Morgan fingerprint density at radius 3 is 1.71 bits per heavy atom. The van der Waals surface area contributed by atoms with Gasteiger partial charge in [0.05, 0.1) is 5.75 Å². The first-order chi connectivity index (χ1) is 9.36. The Bertz CT molecular complexity index is 595. The first-order valence-corrected chi connectivity index (χ1v) is 6.46.